The monoisotopic (exact) mass is 628 g/mol. The molecule has 4 nitrogen and oxygen atoms in total. The molecule has 8 aromatic carbocycles. The van der Waals surface area contributed by atoms with Crippen LogP contribution in [0.3, 0.4) is 0 Å². The summed E-state index contributed by atoms with van der Waals surface area (Å²) < 4.78 is 12.7. The summed E-state index contributed by atoms with van der Waals surface area (Å²) in [6.07, 6.45) is 0. The molecular formula is C45H28N2O2. The molecule has 2 heterocycles. The van der Waals surface area contributed by atoms with Crippen LogP contribution in [0.1, 0.15) is 0 Å². The highest BCUT2D eigenvalue weighted by atomic mass is 16.3. The van der Waals surface area contributed by atoms with E-state index in [0.29, 0.717) is 5.89 Å². The molecule has 0 amide bonds. The first-order valence-corrected chi connectivity index (χ1v) is 16.5. The first-order valence-electron chi connectivity index (χ1n) is 16.5. The number of hydrogen-bond acceptors (Lipinski definition) is 4. The number of hydrogen-bond donors (Lipinski definition) is 0. The van der Waals surface area contributed by atoms with Gasteiger partial charge in [0.15, 0.2) is 5.58 Å². The van der Waals surface area contributed by atoms with Crippen molar-refractivity contribution in [1.29, 1.82) is 0 Å². The number of rotatable bonds is 5. The lowest BCUT2D eigenvalue weighted by molar-refractivity contribution is 0.620. The third-order valence-corrected chi connectivity index (χ3v) is 9.48. The van der Waals surface area contributed by atoms with Crippen molar-refractivity contribution in [2.45, 2.75) is 0 Å². The van der Waals surface area contributed by atoms with E-state index >= 15 is 0 Å². The molecule has 0 unspecified atom stereocenters. The molecule has 0 aliphatic heterocycles. The van der Waals surface area contributed by atoms with Gasteiger partial charge in [-0.1, -0.05) is 103 Å². The fraction of sp³-hybridized carbons (Fsp3) is 0. The van der Waals surface area contributed by atoms with Gasteiger partial charge in [0, 0.05) is 39.5 Å². The average Bonchev–Trinajstić information content (AvgIpc) is 3.77. The van der Waals surface area contributed by atoms with Crippen molar-refractivity contribution in [2.75, 3.05) is 4.90 Å². The topological polar surface area (TPSA) is 42.4 Å². The Hall–Kier alpha value is -6.65. The lowest BCUT2D eigenvalue weighted by Gasteiger charge is -2.26. The van der Waals surface area contributed by atoms with Crippen molar-refractivity contribution in [3.63, 3.8) is 0 Å². The fourth-order valence-electron chi connectivity index (χ4n) is 7.15. The second-order valence-corrected chi connectivity index (χ2v) is 12.4. The van der Waals surface area contributed by atoms with Crippen molar-refractivity contribution in [1.82, 2.24) is 4.98 Å². The maximum atomic E-state index is 6.54. The second-order valence-electron chi connectivity index (χ2n) is 12.4. The number of oxazole rings is 1. The largest absolute Gasteiger partial charge is 0.456 e. The molecule has 0 saturated heterocycles. The molecule has 10 aromatic rings. The summed E-state index contributed by atoms with van der Waals surface area (Å²) in [5, 5.41) is 6.88. The summed E-state index contributed by atoms with van der Waals surface area (Å²) >= 11 is 0. The van der Waals surface area contributed by atoms with Crippen LogP contribution in [0, 0.1) is 0 Å². The molecule has 0 N–H and O–H groups in total. The Balaban J connectivity index is 1.12. The normalized spacial score (nSPS) is 11.7. The van der Waals surface area contributed by atoms with Crippen LogP contribution < -0.4 is 4.90 Å². The van der Waals surface area contributed by atoms with Crippen LogP contribution in [-0.4, -0.2) is 4.98 Å². The molecule has 49 heavy (non-hydrogen) atoms. The van der Waals surface area contributed by atoms with E-state index in [-0.39, 0.29) is 0 Å². The Morgan fingerprint density at radius 3 is 1.98 bits per heavy atom. The highest BCUT2D eigenvalue weighted by Gasteiger charge is 2.20. The fourth-order valence-corrected chi connectivity index (χ4v) is 7.15. The third kappa shape index (κ3) is 4.57. The van der Waals surface area contributed by atoms with Gasteiger partial charge in [-0.3, -0.25) is 0 Å². The number of fused-ring (bicyclic) bond motifs is 6. The van der Waals surface area contributed by atoms with Crippen molar-refractivity contribution in [2.24, 2.45) is 0 Å². The zero-order valence-corrected chi connectivity index (χ0v) is 26.4. The van der Waals surface area contributed by atoms with Crippen LogP contribution in [0.4, 0.5) is 17.1 Å². The molecule has 0 radical (unpaired) electrons. The van der Waals surface area contributed by atoms with Gasteiger partial charge in [-0.15, -0.1) is 0 Å². The second kappa shape index (κ2) is 11.0. The maximum absolute atomic E-state index is 6.54. The van der Waals surface area contributed by atoms with Gasteiger partial charge in [0.2, 0.25) is 5.89 Å². The minimum Gasteiger partial charge on any atom is -0.456 e. The number of anilines is 3. The number of furan rings is 1. The van der Waals surface area contributed by atoms with E-state index in [2.05, 4.69) is 138 Å². The standard InChI is InChI=1S/C45H28N2O2/c1-2-11-32-27-34(24-19-29(32)9-1)47(33-22-20-31(21-23-33)37-14-7-12-30-10-3-4-13-36(30)37)35-25-26-38-43(28-35)48-42-18-8-15-39(44(38)42)45-46-40-16-5-6-17-41(40)49-45/h1-28H. The van der Waals surface area contributed by atoms with Gasteiger partial charge < -0.3 is 13.7 Å². The molecule has 0 fully saturated rings. The summed E-state index contributed by atoms with van der Waals surface area (Å²) in [7, 11) is 0. The first kappa shape index (κ1) is 27.5. The Labute approximate surface area is 282 Å². The van der Waals surface area contributed by atoms with Gasteiger partial charge >= 0.3 is 0 Å². The van der Waals surface area contributed by atoms with Crippen LogP contribution in [0.25, 0.3) is 77.2 Å². The van der Waals surface area contributed by atoms with Gasteiger partial charge in [0.25, 0.3) is 0 Å². The van der Waals surface area contributed by atoms with Gasteiger partial charge in [0.1, 0.15) is 16.7 Å². The summed E-state index contributed by atoms with van der Waals surface area (Å²) in [5.74, 6) is 0.586. The van der Waals surface area contributed by atoms with Crippen molar-refractivity contribution in [3.05, 3.63) is 170 Å². The predicted molar refractivity (Wildman–Crippen MR) is 202 cm³/mol. The molecule has 0 saturated carbocycles. The molecule has 0 spiro atoms. The first-order chi connectivity index (χ1) is 24.3. The highest BCUT2D eigenvalue weighted by Crippen LogP contribution is 2.42. The molecule has 0 bridgehead atoms. The van der Waals surface area contributed by atoms with E-state index in [1.807, 2.05) is 36.4 Å². The average molecular weight is 629 g/mol. The molecule has 0 atom stereocenters. The molecule has 0 aliphatic carbocycles. The van der Waals surface area contributed by atoms with Crippen LogP contribution >= 0.6 is 0 Å². The van der Waals surface area contributed by atoms with Crippen molar-refractivity contribution >= 4 is 71.6 Å². The lowest BCUT2D eigenvalue weighted by Crippen LogP contribution is -2.09. The van der Waals surface area contributed by atoms with Gasteiger partial charge in [0.05, 0.1) is 0 Å². The Morgan fingerprint density at radius 1 is 0.408 bits per heavy atom. The SMILES string of the molecule is c1ccc2cc(N(c3ccc(-c4cccc5ccccc45)cc3)c3ccc4c(c3)oc3cccc(-c5nc6ccccc6o5)c34)ccc2c1. The summed E-state index contributed by atoms with van der Waals surface area (Å²) in [5.41, 5.74) is 9.64. The Bertz CT molecular complexity index is 2810. The molecule has 4 heteroatoms. The minimum atomic E-state index is 0.586. The quantitative estimate of drug-likeness (QED) is 0.190. The highest BCUT2D eigenvalue weighted by molar-refractivity contribution is 6.12. The minimum absolute atomic E-state index is 0.586. The Morgan fingerprint density at radius 2 is 1.08 bits per heavy atom. The number of para-hydroxylation sites is 2. The van der Waals surface area contributed by atoms with E-state index in [0.717, 1.165) is 55.7 Å². The van der Waals surface area contributed by atoms with Gasteiger partial charge in [-0.2, -0.15) is 0 Å². The van der Waals surface area contributed by atoms with E-state index in [1.165, 1.54) is 32.7 Å². The van der Waals surface area contributed by atoms with Crippen molar-refractivity contribution < 1.29 is 8.83 Å². The van der Waals surface area contributed by atoms with Crippen molar-refractivity contribution in [3.8, 4) is 22.6 Å². The van der Waals surface area contributed by atoms with Crippen LogP contribution in [0.2, 0.25) is 0 Å². The zero-order chi connectivity index (χ0) is 32.3. The van der Waals surface area contributed by atoms with Crippen LogP contribution in [0.15, 0.2) is 179 Å². The van der Waals surface area contributed by atoms with E-state index < -0.39 is 0 Å². The maximum Gasteiger partial charge on any atom is 0.228 e. The number of nitrogens with zero attached hydrogens (tertiary/aromatic N) is 2. The van der Waals surface area contributed by atoms with Crippen LogP contribution in [0.5, 0.6) is 0 Å². The van der Waals surface area contributed by atoms with Gasteiger partial charge in [-0.25, -0.2) is 4.98 Å². The summed E-state index contributed by atoms with van der Waals surface area (Å²) in [6, 6.07) is 59.4. The predicted octanol–water partition coefficient (Wildman–Crippen LogP) is 12.8. The van der Waals surface area contributed by atoms with Gasteiger partial charge in [-0.05, 0) is 93.3 Å². The number of aromatic nitrogens is 1. The van der Waals surface area contributed by atoms with E-state index in [9.17, 15) is 0 Å². The molecule has 230 valence electrons. The summed E-state index contributed by atoms with van der Waals surface area (Å²) in [4.78, 5) is 7.10. The summed E-state index contributed by atoms with van der Waals surface area (Å²) in [6.45, 7) is 0. The van der Waals surface area contributed by atoms with E-state index in [4.69, 9.17) is 13.8 Å². The van der Waals surface area contributed by atoms with Crippen LogP contribution in [-0.2, 0) is 0 Å². The molecular weight excluding hydrogens is 601 g/mol. The molecule has 10 rings (SSSR count). The lowest BCUT2D eigenvalue weighted by atomic mass is 9.98. The smallest absolute Gasteiger partial charge is 0.228 e. The third-order valence-electron chi connectivity index (χ3n) is 9.48. The molecule has 0 aliphatic rings. The zero-order valence-electron chi connectivity index (χ0n) is 26.4. The van der Waals surface area contributed by atoms with E-state index in [1.54, 1.807) is 0 Å². The number of benzene rings is 8. The Kier molecular flexibility index (Phi) is 6.15. The molecule has 2 aromatic heterocycles.